The minimum Gasteiger partial charge on any atom is -0.335 e. The van der Waals surface area contributed by atoms with Crippen molar-refractivity contribution in [1.82, 2.24) is 4.90 Å². The molecule has 1 amide bonds. The summed E-state index contributed by atoms with van der Waals surface area (Å²) in [6, 6.07) is 11.2. The van der Waals surface area contributed by atoms with Crippen LogP contribution >= 0.6 is 27.5 Å². The lowest BCUT2D eigenvalue weighted by molar-refractivity contribution is 0.0741. The zero-order chi connectivity index (χ0) is 15.6. The average molecular weight is 371 g/mol. The third-order valence-electron chi connectivity index (χ3n) is 3.41. The maximum atomic E-state index is 13.3. The number of hydrogen-bond acceptors (Lipinski definition) is 1. The van der Waals surface area contributed by atoms with Gasteiger partial charge in [0.15, 0.2) is 0 Å². The number of nitrogens with zero attached hydrogens (tertiary/aromatic N) is 1. The van der Waals surface area contributed by atoms with Gasteiger partial charge in [0.1, 0.15) is 5.82 Å². The van der Waals surface area contributed by atoms with Crippen LogP contribution in [0.4, 0.5) is 4.39 Å². The van der Waals surface area contributed by atoms with E-state index >= 15 is 0 Å². The number of benzene rings is 2. The lowest BCUT2D eigenvalue weighted by Gasteiger charge is -2.26. The highest BCUT2D eigenvalue weighted by atomic mass is 79.9. The van der Waals surface area contributed by atoms with E-state index in [2.05, 4.69) is 15.9 Å². The Morgan fingerprint density at radius 1 is 1.24 bits per heavy atom. The van der Waals surface area contributed by atoms with E-state index in [9.17, 15) is 9.18 Å². The first-order chi connectivity index (χ1) is 9.90. The van der Waals surface area contributed by atoms with Crippen molar-refractivity contribution in [3.05, 3.63) is 68.9 Å². The van der Waals surface area contributed by atoms with Crippen LogP contribution in [0, 0.1) is 5.82 Å². The minimum atomic E-state index is -0.436. The highest BCUT2D eigenvalue weighted by Crippen LogP contribution is 2.25. The van der Waals surface area contributed by atoms with Crippen LogP contribution in [0.25, 0.3) is 0 Å². The molecule has 0 radical (unpaired) electrons. The van der Waals surface area contributed by atoms with Crippen LogP contribution in [0.15, 0.2) is 46.9 Å². The first kappa shape index (κ1) is 16.0. The molecule has 2 nitrogen and oxygen atoms in total. The van der Waals surface area contributed by atoms with Crippen molar-refractivity contribution in [2.75, 3.05) is 7.05 Å². The zero-order valence-electron chi connectivity index (χ0n) is 11.6. The van der Waals surface area contributed by atoms with Crippen molar-refractivity contribution in [2.45, 2.75) is 13.0 Å². The SMILES string of the molecule is CC(c1ccc(Cl)cc1)N(C)C(=O)c1cc(F)ccc1Br. The van der Waals surface area contributed by atoms with Crippen LogP contribution in [0.2, 0.25) is 5.02 Å². The number of halogens is 3. The van der Waals surface area contributed by atoms with Gasteiger partial charge in [-0.3, -0.25) is 4.79 Å². The molecule has 5 heteroatoms. The summed E-state index contributed by atoms with van der Waals surface area (Å²) in [5.41, 5.74) is 1.26. The summed E-state index contributed by atoms with van der Waals surface area (Å²) in [7, 11) is 1.69. The largest absolute Gasteiger partial charge is 0.335 e. The number of amides is 1. The van der Waals surface area contributed by atoms with Crippen molar-refractivity contribution in [1.29, 1.82) is 0 Å². The molecule has 2 rings (SSSR count). The van der Waals surface area contributed by atoms with Crippen molar-refractivity contribution < 1.29 is 9.18 Å². The first-order valence-corrected chi connectivity index (χ1v) is 7.55. The molecule has 0 aliphatic carbocycles. The van der Waals surface area contributed by atoms with E-state index in [0.717, 1.165) is 5.56 Å². The fraction of sp³-hybridized carbons (Fsp3) is 0.188. The highest BCUT2D eigenvalue weighted by Gasteiger charge is 2.21. The van der Waals surface area contributed by atoms with Crippen molar-refractivity contribution >= 4 is 33.4 Å². The van der Waals surface area contributed by atoms with Crippen molar-refractivity contribution in [2.24, 2.45) is 0 Å². The highest BCUT2D eigenvalue weighted by molar-refractivity contribution is 9.10. The number of carbonyl (C=O) groups excluding carboxylic acids is 1. The second-order valence-corrected chi connectivity index (χ2v) is 6.06. The van der Waals surface area contributed by atoms with Gasteiger partial charge in [-0.05, 0) is 58.7 Å². The van der Waals surface area contributed by atoms with Gasteiger partial charge in [-0.15, -0.1) is 0 Å². The normalized spacial score (nSPS) is 12.0. The number of carbonyl (C=O) groups is 1. The summed E-state index contributed by atoms with van der Waals surface area (Å²) in [5, 5.41) is 0.646. The standard InChI is InChI=1S/C16H14BrClFNO/c1-10(11-3-5-12(18)6-4-11)20(2)16(21)14-9-13(19)7-8-15(14)17/h3-10H,1-2H3. The Bertz CT molecular complexity index is 660. The van der Waals surface area contributed by atoms with Crippen molar-refractivity contribution in [3.8, 4) is 0 Å². The first-order valence-electron chi connectivity index (χ1n) is 6.38. The van der Waals surface area contributed by atoms with Crippen LogP contribution < -0.4 is 0 Å². The van der Waals surface area contributed by atoms with Crippen LogP contribution in [0.5, 0.6) is 0 Å². The van der Waals surface area contributed by atoms with E-state index in [1.165, 1.54) is 18.2 Å². The fourth-order valence-electron chi connectivity index (χ4n) is 1.99. The van der Waals surface area contributed by atoms with Crippen LogP contribution in [-0.2, 0) is 0 Å². The molecule has 0 bridgehead atoms. The summed E-state index contributed by atoms with van der Waals surface area (Å²) in [5.74, 6) is -0.682. The van der Waals surface area contributed by atoms with E-state index < -0.39 is 5.82 Å². The summed E-state index contributed by atoms with van der Waals surface area (Å²) < 4.78 is 13.9. The molecule has 0 aliphatic heterocycles. The average Bonchev–Trinajstić information content (AvgIpc) is 2.48. The van der Waals surface area contributed by atoms with E-state index in [4.69, 9.17) is 11.6 Å². The van der Waals surface area contributed by atoms with Gasteiger partial charge in [0, 0.05) is 16.5 Å². The van der Waals surface area contributed by atoms with Gasteiger partial charge in [-0.25, -0.2) is 4.39 Å². The molecule has 0 aliphatic rings. The Balaban J connectivity index is 2.26. The quantitative estimate of drug-likeness (QED) is 0.738. The van der Waals surface area contributed by atoms with E-state index in [1.807, 2.05) is 19.1 Å². The predicted molar refractivity (Wildman–Crippen MR) is 86.1 cm³/mol. The van der Waals surface area contributed by atoms with Crippen molar-refractivity contribution in [3.63, 3.8) is 0 Å². The van der Waals surface area contributed by atoms with Crippen LogP contribution in [0.1, 0.15) is 28.9 Å². The minimum absolute atomic E-state index is 0.148. The molecule has 0 saturated heterocycles. The third kappa shape index (κ3) is 3.63. The summed E-state index contributed by atoms with van der Waals surface area (Å²) in [6.07, 6.45) is 0. The van der Waals surface area contributed by atoms with Gasteiger partial charge in [0.25, 0.3) is 5.91 Å². The molecule has 0 fully saturated rings. The molecule has 0 aromatic heterocycles. The molecular weight excluding hydrogens is 357 g/mol. The maximum Gasteiger partial charge on any atom is 0.255 e. The van der Waals surface area contributed by atoms with E-state index in [-0.39, 0.29) is 11.9 Å². The lowest BCUT2D eigenvalue weighted by atomic mass is 10.1. The molecule has 1 unspecified atom stereocenters. The van der Waals surface area contributed by atoms with Gasteiger partial charge in [-0.1, -0.05) is 23.7 Å². The third-order valence-corrected chi connectivity index (χ3v) is 4.36. The smallest absolute Gasteiger partial charge is 0.255 e. The molecule has 2 aromatic carbocycles. The topological polar surface area (TPSA) is 20.3 Å². The van der Waals surface area contributed by atoms with E-state index in [0.29, 0.717) is 15.1 Å². The molecule has 110 valence electrons. The molecular formula is C16H14BrClFNO. The van der Waals surface area contributed by atoms with Gasteiger partial charge in [-0.2, -0.15) is 0 Å². The Hall–Kier alpha value is -1.39. The molecule has 1 atom stereocenters. The Morgan fingerprint density at radius 2 is 1.86 bits per heavy atom. The fourth-order valence-corrected chi connectivity index (χ4v) is 2.53. The Kier molecular flexibility index (Phi) is 5.01. The monoisotopic (exact) mass is 369 g/mol. The van der Waals surface area contributed by atoms with E-state index in [1.54, 1.807) is 24.1 Å². The molecule has 0 spiro atoms. The predicted octanol–water partition coefficient (Wildman–Crippen LogP) is 5.07. The van der Waals surface area contributed by atoms with Crippen LogP contribution in [-0.4, -0.2) is 17.9 Å². The van der Waals surface area contributed by atoms with Gasteiger partial charge in [0.05, 0.1) is 11.6 Å². The Morgan fingerprint density at radius 3 is 2.48 bits per heavy atom. The molecule has 0 N–H and O–H groups in total. The summed E-state index contributed by atoms with van der Waals surface area (Å²) >= 11 is 9.15. The van der Waals surface area contributed by atoms with Crippen LogP contribution in [0.3, 0.4) is 0 Å². The molecule has 0 saturated carbocycles. The second kappa shape index (κ2) is 6.58. The Labute approximate surface area is 136 Å². The molecule has 0 heterocycles. The van der Waals surface area contributed by atoms with Gasteiger partial charge < -0.3 is 4.90 Å². The molecule has 2 aromatic rings. The molecule has 21 heavy (non-hydrogen) atoms. The zero-order valence-corrected chi connectivity index (χ0v) is 14.0. The summed E-state index contributed by atoms with van der Waals surface area (Å²) in [4.78, 5) is 14.1. The number of hydrogen-bond donors (Lipinski definition) is 0. The van der Waals surface area contributed by atoms with Gasteiger partial charge in [0.2, 0.25) is 0 Å². The van der Waals surface area contributed by atoms with Gasteiger partial charge >= 0.3 is 0 Å². The summed E-state index contributed by atoms with van der Waals surface area (Å²) in [6.45, 7) is 1.91. The lowest BCUT2D eigenvalue weighted by Crippen LogP contribution is -2.30. The number of rotatable bonds is 3. The second-order valence-electron chi connectivity index (χ2n) is 4.77. The maximum absolute atomic E-state index is 13.3.